The number of carbonyl (C=O) groups excluding carboxylic acids is 1. The summed E-state index contributed by atoms with van der Waals surface area (Å²) >= 11 is 3.19. The average Bonchev–Trinajstić information content (AvgIpc) is 3.20. The van der Waals surface area contributed by atoms with Gasteiger partial charge in [0.25, 0.3) is 5.91 Å². The molecule has 0 aromatic carbocycles. The van der Waals surface area contributed by atoms with Crippen LogP contribution in [0.4, 0.5) is 0 Å². The normalized spacial score (nSPS) is 16.8. The molecule has 1 saturated heterocycles. The van der Waals surface area contributed by atoms with E-state index in [4.69, 9.17) is 0 Å². The Morgan fingerprint density at radius 2 is 2.23 bits per heavy atom. The van der Waals surface area contributed by atoms with Crippen LogP contribution in [0, 0.1) is 0 Å². The summed E-state index contributed by atoms with van der Waals surface area (Å²) in [5, 5.41) is 7.95. The van der Waals surface area contributed by atoms with Crippen molar-refractivity contribution < 1.29 is 4.79 Å². The minimum atomic E-state index is -0.0343. The molecule has 0 aliphatic carbocycles. The zero-order valence-corrected chi connectivity index (χ0v) is 14.4. The summed E-state index contributed by atoms with van der Waals surface area (Å²) in [6, 6.07) is 4.33. The predicted molar refractivity (Wildman–Crippen MR) is 92.6 cm³/mol. The monoisotopic (exact) mass is 335 g/mol. The van der Waals surface area contributed by atoms with Crippen molar-refractivity contribution in [3.05, 3.63) is 28.6 Å². The second-order valence-electron chi connectivity index (χ2n) is 5.60. The molecule has 1 amide bonds. The smallest absolute Gasteiger partial charge is 0.270 e. The third-order valence-corrected chi connectivity index (χ3v) is 5.81. The van der Waals surface area contributed by atoms with Gasteiger partial charge in [0.15, 0.2) is 0 Å². The first-order valence-corrected chi connectivity index (χ1v) is 9.55. The van der Waals surface area contributed by atoms with E-state index >= 15 is 0 Å². The largest absolute Gasteiger partial charge is 0.348 e. The zero-order chi connectivity index (χ0) is 15.4. The predicted octanol–water partition coefficient (Wildman–Crippen LogP) is 3.48. The summed E-state index contributed by atoms with van der Waals surface area (Å²) in [7, 11) is 0. The molecule has 2 aromatic heterocycles. The van der Waals surface area contributed by atoms with E-state index in [-0.39, 0.29) is 11.9 Å². The van der Waals surface area contributed by atoms with Gasteiger partial charge >= 0.3 is 0 Å². The molecule has 4 nitrogen and oxygen atoms in total. The fourth-order valence-corrected chi connectivity index (χ4v) is 4.38. The van der Waals surface area contributed by atoms with E-state index in [9.17, 15) is 4.79 Å². The van der Waals surface area contributed by atoms with Crippen LogP contribution in [-0.2, 0) is 0 Å². The van der Waals surface area contributed by atoms with Crippen LogP contribution in [0.5, 0.6) is 0 Å². The average molecular weight is 335 g/mol. The number of piperidine rings is 1. The zero-order valence-electron chi connectivity index (χ0n) is 12.7. The second-order valence-corrected chi connectivity index (χ2v) is 7.41. The maximum absolute atomic E-state index is 12.3. The number of hydrogen-bond acceptors (Lipinski definition) is 5. The Labute approximate surface area is 139 Å². The van der Waals surface area contributed by atoms with Crippen molar-refractivity contribution in [1.29, 1.82) is 0 Å². The van der Waals surface area contributed by atoms with Gasteiger partial charge in [0.2, 0.25) is 0 Å². The highest BCUT2D eigenvalue weighted by Gasteiger charge is 2.21. The van der Waals surface area contributed by atoms with Crippen LogP contribution in [0.1, 0.15) is 36.7 Å². The third kappa shape index (κ3) is 3.74. The van der Waals surface area contributed by atoms with E-state index in [1.54, 1.807) is 11.3 Å². The van der Waals surface area contributed by atoms with E-state index in [0.29, 0.717) is 5.69 Å². The topological polar surface area (TPSA) is 45.2 Å². The highest BCUT2D eigenvalue weighted by molar-refractivity contribution is 7.20. The fraction of sp³-hybridized carbons (Fsp3) is 0.500. The number of hydrogen-bond donors (Lipinski definition) is 1. The lowest BCUT2D eigenvalue weighted by molar-refractivity contribution is 0.0907. The summed E-state index contributed by atoms with van der Waals surface area (Å²) in [4.78, 5) is 20.4. The molecule has 1 aliphatic rings. The van der Waals surface area contributed by atoms with Crippen LogP contribution in [0.25, 0.3) is 9.88 Å². The fourth-order valence-electron chi connectivity index (χ4n) is 2.77. The van der Waals surface area contributed by atoms with Crippen LogP contribution >= 0.6 is 22.7 Å². The summed E-state index contributed by atoms with van der Waals surface area (Å²) < 4.78 is 0. The van der Waals surface area contributed by atoms with Crippen molar-refractivity contribution in [3.63, 3.8) is 0 Å². The van der Waals surface area contributed by atoms with Gasteiger partial charge in [-0.15, -0.1) is 22.7 Å². The Bertz CT molecular complexity index is 601. The molecule has 22 heavy (non-hydrogen) atoms. The number of likely N-dealkylation sites (tertiary alicyclic amines) is 1. The lowest BCUT2D eigenvalue weighted by atomic mass is 10.0. The first-order chi connectivity index (χ1) is 10.8. The molecule has 0 radical (unpaired) electrons. The Kier molecular flexibility index (Phi) is 5.23. The molecule has 1 fully saturated rings. The Morgan fingerprint density at radius 1 is 1.41 bits per heavy atom. The maximum atomic E-state index is 12.3. The van der Waals surface area contributed by atoms with Crippen molar-refractivity contribution in [2.45, 2.75) is 32.2 Å². The molecule has 0 spiro atoms. The molecule has 0 bridgehead atoms. The molecular formula is C16H21N3OS2. The molecule has 0 atom stereocenters. The van der Waals surface area contributed by atoms with Gasteiger partial charge in [-0.2, -0.15) is 0 Å². The molecule has 118 valence electrons. The van der Waals surface area contributed by atoms with E-state index in [0.717, 1.165) is 42.4 Å². The molecule has 0 saturated carbocycles. The summed E-state index contributed by atoms with van der Waals surface area (Å²) in [6.07, 6.45) is 3.27. The molecule has 3 heterocycles. The Hall–Kier alpha value is -1.24. The second kappa shape index (κ2) is 7.35. The Morgan fingerprint density at radius 3 is 2.91 bits per heavy atom. The molecule has 0 unspecified atom stereocenters. The van der Waals surface area contributed by atoms with Gasteiger partial charge in [-0.25, -0.2) is 4.98 Å². The lowest BCUT2D eigenvalue weighted by Gasteiger charge is -2.31. The minimum absolute atomic E-state index is 0.0343. The van der Waals surface area contributed by atoms with Crippen LogP contribution in [0.2, 0.25) is 0 Å². The van der Waals surface area contributed by atoms with Crippen LogP contribution in [-0.4, -0.2) is 41.5 Å². The van der Waals surface area contributed by atoms with Crippen molar-refractivity contribution >= 4 is 28.6 Å². The van der Waals surface area contributed by atoms with Crippen LogP contribution < -0.4 is 5.32 Å². The molecule has 2 aromatic rings. The van der Waals surface area contributed by atoms with Crippen LogP contribution in [0.3, 0.4) is 0 Å². The number of thiophene rings is 1. The standard InChI is InChI=1S/C16H21N3OS2/c1-2-7-19-8-5-12(6-9-19)17-15(20)13-11-22-16(18-13)14-4-3-10-21-14/h3-4,10-12H,2,5-9H2,1H3,(H,17,20). The third-order valence-electron chi connectivity index (χ3n) is 3.93. The molecule has 1 aliphatic heterocycles. The summed E-state index contributed by atoms with van der Waals surface area (Å²) in [6.45, 7) is 5.53. The number of carbonyl (C=O) groups is 1. The lowest BCUT2D eigenvalue weighted by Crippen LogP contribution is -2.44. The number of nitrogens with one attached hydrogen (secondary N) is 1. The van der Waals surface area contributed by atoms with Gasteiger partial charge in [0.05, 0.1) is 4.88 Å². The highest BCUT2D eigenvalue weighted by Crippen LogP contribution is 2.27. The first-order valence-electron chi connectivity index (χ1n) is 7.79. The van der Waals surface area contributed by atoms with E-state index in [2.05, 4.69) is 22.1 Å². The number of aromatic nitrogens is 1. The van der Waals surface area contributed by atoms with Gasteiger partial charge in [-0.1, -0.05) is 13.0 Å². The minimum Gasteiger partial charge on any atom is -0.348 e. The molecule has 1 N–H and O–H groups in total. The number of thiazole rings is 1. The van der Waals surface area contributed by atoms with Gasteiger partial charge in [0, 0.05) is 24.5 Å². The quantitative estimate of drug-likeness (QED) is 0.910. The SMILES string of the molecule is CCCN1CCC(NC(=O)c2csc(-c3cccs3)n2)CC1. The van der Waals surface area contributed by atoms with E-state index in [1.165, 1.54) is 17.8 Å². The molecular weight excluding hydrogens is 314 g/mol. The van der Waals surface area contributed by atoms with Gasteiger partial charge in [-0.05, 0) is 37.3 Å². The summed E-state index contributed by atoms with van der Waals surface area (Å²) in [5.74, 6) is -0.0343. The molecule has 3 rings (SSSR count). The number of amides is 1. The van der Waals surface area contributed by atoms with E-state index in [1.807, 2.05) is 22.9 Å². The first kappa shape index (κ1) is 15.6. The highest BCUT2D eigenvalue weighted by atomic mass is 32.1. The van der Waals surface area contributed by atoms with Crippen molar-refractivity contribution in [2.24, 2.45) is 0 Å². The van der Waals surface area contributed by atoms with Crippen LogP contribution in [0.15, 0.2) is 22.9 Å². The van der Waals surface area contributed by atoms with Gasteiger partial charge in [0.1, 0.15) is 10.7 Å². The number of rotatable bonds is 5. The van der Waals surface area contributed by atoms with Gasteiger partial charge < -0.3 is 10.2 Å². The summed E-state index contributed by atoms with van der Waals surface area (Å²) in [5.41, 5.74) is 0.546. The Balaban J connectivity index is 1.54. The van der Waals surface area contributed by atoms with Gasteiger partial charge in [-0.3, -0.25) is 4.79 Å². The van der Waals surface area contributed by atoms with E-state index < -0.39 is 0 Å². The van der Waals surface area contributed by atoms with Crippen molar-refractivity contribution in [3.8, 4) is 9.88 Å². The maximum Gasteiger partial charge on any atom is 0.270 e. The van der Waals surface area contributed by atoms with Crippen molar-refractivity contribution in [2.75, 3.05) is 19.6 Å². The number of nitrogens with zero attached hydrogens (tertiary/aromatic N) is 2. The van der Waals surface area contributed by atoms with Crippen molar-refractivity contribution in [1.82, 2.24) is 15.2 Å². The molecule has 6 heteroatoms.